The molecule has 5 rings (SSSR count). The highest BCUT2D eigenvalue weighted by molar-refractivity contribution is 7.95. The number of carbonyl (C=O) groups is 1. The van der Waals surface area contributed by atoms with Crippen LogP contribution in [-0.4, -0.2) is 35.4 Å². The molecule has 2 heterocycles. The van der Waals surface area contributed by atoms with Gasteiger partial charge in [0.15, 0.2) is 0 Å². The molecule has 0 radical (unpaired) electrons. The van der Waals surface area contributed by atoms with Gasteiger partial charge in [-0.1, -0.05) is 42.5 Å². The van der Waals surface area contributed by atoms with Gasteiger partial charge in [0.1, 0.15) is 15.4 Å². The van der Waals surface area contributed by atoms with E-state index in [1.54, 1.807) is 13.0 Å². The second kappa shape index (κ2) is 11.7. The zero-order chi connectivity index (χ0) is 31.8. The van der Waals surface area contributed by atoms with Gasteiger partial charge in [0.2, 0.25) is 9.84 Å². The number of hydrogen-bond acceptors (Lipinski definition) is 11. The highest BCUT2D eigenvalue weighted by Gasteiger charge is 2.42. The molecule has 224 valence electrons. The van der Waals surface area contributed by atoms with Gasteiger partial charge < -0.3 is 10.5 Å². The molecule has 4 aromatic rings. The van der Waals surface area contributed by atoms with Crippen LogP contribution in [0.5, 0.6) is 0 Å². The van der Waals surface area contributed by atoms with Gasteiger partial charge in [-0.3, -0.25) is 29.6 Å². The first-order valence-corrected chi connectivity index (χ1v) is 15.2. The number of allylic oxidation sites excluding steroid dienone is 1. The monoisotopic (exact) mass is 634 g/mol. The van der Waals surface area contributed by atoms with Crippen LogP contribution in [0.3, 0.4) is 0 Å². The Labute approximate surface area is 252 Å². The Bertz CT molecular complexity index is 2170. The lowest BCUT2D eigenvalue weighted by molar-refractivity contribution is -0.385. The molecule has 0 saturated heterocycles. The molecule has 44 heavy (non-hydrogen) atoms. The molecular formula is C29H22N4O9S2. The van der Waals surface area contributed by atoms with Gasteiger partial charge in [0.05, 0.1) is 37.4 Å². The largest absolute Gasteiger partial charge is 0.463 e. The Hall–Kier alpha value is -5.41. The van der Waals surface area contributed by atoms with Crippen LogP contribution in [-0.2, 0) is 19.4 Å². The quantitative estimate of drug-likeness (QED) is 0.171. The molecular weight excluding hydrogens is 612 g/mol. The zero-order valence-corrected chi connectivity index (χ0v) is 24.4. The van der Waals surface area contributed by atoms with Crippen molar-refractivity contribution >= 4 is 56.0 Å². The number of hydrogen-bond donors (Lipinski definition) is 1. The van der Waals surface area contributed by atoms with Crippen molar-refractivity contribution < 1.29 is 27.8 Å². The van der Waals surface area contributed by atoms with E-state index in [9.17, 15) is 38.2 Å². The molecule has 2 N–H and O–H groups in total. The van der Waals surface area contributed by atoms with E-state index in [0.717, 1.165) is 22.0 Å². The maximum Gasteiger partial charge on any atom is 0.338 e. The first kappa shape index (κ1) is 30.1. The molecule has 13 nitrogen and oxygen atoms in total. The van der Waals surface area contributed by atoms with Crippen molar-refractivity contribution in [2.24, 2.45) is 5.73 Å². The van der Waals surface area contributed by atoms with Gasteiger partial charge in [0.25, 0.3) is 16.9 Å². The van der Waals surface area contributed by atoms with E-state index < -0.39 is 47.9 Å². The number of nitro benzene ring substituents is 2. The highest BCUT2D eigenvalue weighted by Crippen LogP contribution is 2.42. The Morgan fingerprint density at radius 1 is 1.00 bits per heavy atom. The SMILES string of the molecule is CCOC(=O)C1=c2s/c(=C/c3cccc([N+](=O)[O-])c3)c(=O)n2C(N)=C(S(=O)(=O)c2ccccc2)[C@H]1c1cccc([N+](=O)[O-])c1. The van der Waals surface area contributed by atoms with Gasteiger partial charge in [-0.15, -0.1) is 11.3 Å². The van der Waals surface area contributed by atoms with Crippen molar-refractivity contribution in [3.05, 3.63) is 135 Å². The van der Waals surface area contributed by atoms with Gasteiger partial charge in [-0.05, 0) is 36.3 Å². The fraction of sp³-hybridized carbons (Fsp3) is 0.103. The summed E-state index contributed by atoms with van der Waals surface area (Å²) in [4.78, 5) is 48.4. The standard InChI is InChI=1S/C29H22N4O9S2/c1-2-42-29(35)24-23(18-9-7-11-20(16-18)33(38)39)25(44(40,41)21-12-4-3-5-13-21)26(30)31-27(34)22(43-28(24)31)15-17-8-6-10-19(14-17)32(36)37/h3-16,23H,2,30H2,1H3/b22-15+/t23-/m0/s1. The second-order valence-corrected chi connectivity index (χ2v) is 12.3. The topological polar surface area (TPSA) is 195 Å². The van der Waals surface area contributed by atoms with E-state index in [1.807, 2.05) is 0 Å². The van der Waals surface area contributed by atoms with Crippen molar-refractivity contribution in [2.45, 2.75) is 17.7 Å². The molecule has 0 unspecified atom stereocenters. The van der Waals surface area contributed by atoms with Crippen molar-refractivity contribution in [3.63, 3.8) is 0 Å². The molecule has 0 fully saturated rings. The molecule has 1 aliphatic rings. The van der Waals surface area contributed by atoms with Crippen molar-refractivity contribution in [2.75, 3.05) is 6.61 Å². The zero-order valence-electron chi connectivity index (χ0n) is 22.8. The van der Waals surface area contributed by atoms with Gasteiger partial charge >= 0.3 is 5.97 Å². The molecule has 1 aliphatic heterocycles. The fourth-order valence-electron chi connectivity index (χ4n) is 4.84. The highest BCUT2D eigenvalue weighted by atomic mass is 32.2. The van der Waals surface area contributed by atoms with E-state index in [4.69, 9.17) is 10.5 Å². The number of ether oxygens (including phenoxy) is 1. The van der Waals surface area contributed by atoms with E-state index in [2.05, 4.69) is 0 Å². The Balaban J connectivity index is 1.93. The lowest BCUT2D eigenvalue weighted by Gasteiger charge is -2.28. The van der Waals surface area contributed by atoms with Crippen LogP contribution in [0.15, 0.2) is 93.5 Å². The van der Waals surface area contributed by atoms with Crippen molar-refractivity contribution in [1.82, 2.24) is 4.57 Å². The summed E-state index contributed by atoms with van der Waals surface area (Å²) in [6, 6.07) is 17.8. The first-order valence-electron chi connectivity index (χ1n) is 12.9. The minimum absolute atomic E-state index is 0.0126. The summed E-state index contributed by atoms with van der Waals surface area (Å²) in [6.45, 7) is 1.44. The lowest BCUT2D eigenvalue weighted by Crippen LogP contribution is -2.41. The van der Waals surface area contributed by atoms with Crippen LogP contribution >= 0.6 is 11.3 Å². The molecule has 15 heteroatoms. The second-order valence-electron chi connectivity index (χ2n) is 9.39. The van der Waals surface area contributed by atoms with Crippen LogP contribution in [0, 0.1) is 20.2 Å². The van der Waals surface area contributed by atoms with Crippen LogP contribution in [0.2, 0.25) is 0 Å². The van der Waals surface area contributed by atoms with Crippen LogP contribution < -0.4 is 20.5 Å². The van der Waals surface area contributed by atoms with Crippen molar-refractivity contribution in [3.8, 4) is 0 Å². The molecule has 0 amide bonds. The number of non-ortho nitro benzene ring substituents is 2. The number of aromatic nitrogens is 1. The van der Waals surface area contributed by atoms with Crippen LogP contribution in [0.1, 0.15) is 24.0 Å². The maximum absolute atomic E-state index is 14.2. The number of nitrogens with zero attached hydrogens (tertiary/aromatic N) is 3. The maximum atomic E-state index is 14.2. The molecule has 0 saturated carbocycles. The van der Waals surface area contributed by atoms with E-state index in [1.165, 1.54) is 72.8 Å². The number of benzene rings is 3. The first-order chi connectivity index (χ1) is 20.9. The summed E-state index contributed by atoms with van der Waals surface area (Å²) in [5.74, 6) is -2.97. The third-order valence-electron chi connectivity index (χ3n) is 6.73. The average Bonchev–Trinajstić information content (AvgIpc) is 3.32. The molecule has 0 bridgehead atoms. The lowest BCUT2D eigenvalue weighted by atomic mass is 9.89. The van der Waals surface area contributed by atoms with E-state index >= 15 is 0 Å². The van der Waals surface area contributed by atoms with Crippen LogP contribution in [0.25, 0.3) is 17.5 Å². The number of esters is 1. The summed E-state index contributed by atoms with van der Waals surface area (Å²) in [5, 5.41) is 23.0. The summed E-state index contributed by atoms with van der Waals surface area (Å²) in [5.41, 5.74) is 5.22. The van der Waals surface area contributed by atoms with Gasteiger partial charge in [-0.25, -0.2) is 13.2 Å². The minimum Gasteiger partial charge on any atom is -0.463 e. The number of fused-ring (bicyclic) bond motifs is 1. The number of nitrogens with two attached hydrogens (primary N) is 1. The average molecular weight is 635 g/mol. The summed E-state index contributed by atoms with van der Waals surface area (Å²) >= 11 is 0.799. The normalized spacial score (nSPS) is 15.2. The summed E-state index contributed by atoms with van der Waals surface area (Å²) < 4.78 is 34.6. The Kier molecular flexibility index (Phi) is 7.99. The number of carbonyl (C=O) groups excluding carboxylic acids is 1. The molecule has 1 aromatic heterocycles. The number of rotatable bonds is 8. The third-order valence-corrected chi connectivity index (χ3v) is 9.75. The van der Waals surface area contributed by atoms with Crippen LogP contribution in [0.4, 0.5) is 11.4 Å². The number of thiazole rings is 1. The fourth-order valence-corrected chi connectivity index (χ4v) is 7.71. The Morgan fingerprint density at radius 2 is 1.64 bits per heavy atom. The predicted octanol–water partition coefficient (Wildman–Crippen LogP) is 2.62. The number of sulfone groups is 1. The molecule has 1 atom stereocenters. The summed E-state index contributed by atoms with van der Waals surface area (Å²) in [6.07, 6.45) is 1.36. The van der Waals surface area contributed by atoms with E-state index in [0.29, 0.717) is 5.56 Å². The smallest absolute Gasteiger partial charge is 0.338 e. The third kappa shape index (κ3) is 5.29. The number of nitro groups is 2. The predicted molar refractivity (Wildman–Crippen MR) is 161 cm³/mol. The van der Waals surface area contributed by atoms with Gasteiger partial charge in [-0.2, -0.15) is 0 Å². The molecule has 0 aliphatic carbocycles. The van der Waals surface area contributed by atoms with Gasteiger partial charge in [0, 0.05) is 24.3 Å². The van der Waals surface area contributed by atoms with E-state index in [-0.39, 0.29) is 43.2 Å². The van der Waals surface area contributed by atoms with Crippen molar-refractivity contribution in [1.29, 1.82) is 0 Å². The molecule has 3 aromatic carbocycles. The molecule has 0 spiro atoms. The summed E-state index contributed by atoms with van der Waals surface area (Å²) in [7, 11) is -4.53. The Morgan fingerprint density at radius 3 is 2.27 bits per heavy atom. The minimum atomic E-state index is -4.53.